The molecule has 0 bridgehead atoms. The van der Waals surface area contributed by atoms with Crippen LogP contribution in [0, 0.1) is 0 Å². The first-order chi connectivity index (χ1) is 6.15. The molecule has 13 heavy (non-hydrogen) atoms. The Bertz CT molecular complexity index is 352. The first-order valence-electron chi connectivity index (χ1n) is 3.50. The second-order valence-electron chi connectivity index (χ2n) is 2.26. The van der Waals surface area contributed by atoms with E-state index in [4.69, 9.17) is 5.73 Å². The minimum atomic E-state index is -0.629. The fraction of sp³-hybridized carbons (Fsp3) is 0.125. The Morgan fingerprint density at radius 2 is 2.00 bits per heavy atom. The van der Waals surface area contributed by atoms with Gasteiger partial charge in [0.1, 0.15) is 11.4 Å². The van der Waals surface area contributed by atoms with E-state index in [1.165, 1.54) is 6.07 Å². The van der Waals surface area contributed by atoms with Gasteiger partial charge in [-0.1, -0.05) is 17.8 Å². The standard InChI is InChI=1S/C8H8N2O2S/c1-13-8(12)6-4-2-3-5(10-6)7(9)11/h2-4H,1H3,(H2,9,11). The van der Waals surface area contributed by atoms with Gasteiger partial charge in [0.25, 0.3) is 5.91 Å². The van der Waals surface area contributed by atoms with E-state index in [0.717, 1.165) is 11.8 Å². The lowest BCUT2D eigenvalue weighted by molar-refractivity contribution is 0.0995. The van der Waals surface area contributed by atoms with Gasteiger partial charge in [-0.15, -0.1) is 0 Å². The van der Waals surface area contributed by atoms with Crippen LogP contribution in [0.4, 0.5) is 0 Å². The molecule has 0 saturated heterocycles. The van der Waals surface area contributed by atoms with Crippen molar-refractivity contribution in [3.05, 3.63) is 29.6 Å². The van der Waals surface area contributed by atoms with Gasteiger partial charge in [-0.2, -0.15) is 0 Å². The molecule has 0 fully saturated rings. The molecule has 0 radical (unpaired) electrons. The van der Waals surface area contributed by atoms with Crippen LogP contribution in [0.15, 0.2) is 18.2 Å². The highest BCUT2D eigenvalue weighted by molar-refractivity contribution is 8.13. The molecule has 4 nitrogen and oxygen atoms in total. The third-order valence-corrected chi connectivity index (χ3v) is 1.98. The van der Waals surface area contributed by atoms with Crippen molar-refractivity contribution < 1.29 is 9.59 Å². The van der Waals surface area contributed by atoms with E-state index in [1.54, 1.807) is 18.4 Å². The maximum absolute atomic E-state index is 11.1. The summed E-state index contributed by atoms with van der Waals surface area (Å²) in [7, 11) is 0. The SMILES string of the molecule is CSC(=O)c1cccc(C(N)=O)n1. The van der Waals surface area contributed by atoms with Gasteiger partial charge in [0.15, 0.2) is 0 Å². The second kappa shape index (κ2) is 4.04. The molecule has 0 aliphatic carbocycles. The number of primary amides is 1. The third-order valence-electron chi connectivity index (χ3n) is 1.40. The summed E-state index contributed by atoms with van der Waals surface area (Å²) in [6.07, 6.45) is 1.65. The zero-order valence-electron chi connectivity index (χ0n) is 6.98. The number of pyridine rings is 1. The Morgan fingerprint density at radius 1 is 1.38 bits per heavy atom. The molecule has 5 heteroatoms. The minimum Gasteiger partial charge on any atom is -0.364 e. The molecule has 68 valence electrons. The van der Waals surface area contributed by atoms with Crippen molar-refractivity contribution >= 4 is 22.8 Å². The molecule has 0 saturated carbocycles. The Labute approximate surface area is 79.5 Å². The summed E-state index contributed by atoms with van der Waals surface area (Å²) >= 11 is 1.04. The van der Waals surface area contributed by atoms with Crippen LogP contribution in [0.1, 0.15) is 21.0 Å². The number of hydrogen-bond acceptors (Lipinski definition) is 4. The Balaban J connectivity index is 3.05. The van der Waals surface area contributed by atoms with E-state index >= 15 is 0 Å². The van der Waals surface area contributed by atoms with E-state index in [2.05, 4.69) is 4.98 Å². The van der Waals surface area contributed by atoms with Gasteiger partial charge in [-0.25, -0.2) is 4.98 Å². The number of nitrogens with two attached hydrogens (primary N) is 1. The highest BCUT2D eigenvalue weighted by atomic mass is 32.2. The Morgan fingerprint density at radius 3 is 2.54 bits per heavy atom. The minimum absolute atomic E-state index is 0.111. The number of carbonyl (C=O) groups is 2. The average Bonchev–Trinajstić information content (AvgIpc) is 2.17. The van der Waals surface area contributed by atoms with Crippen molar-refractivity contribution in [2.24, 2.45) is 5.73 Å². The molecule has 0 aromatic carbocycles. The quantitative estimate of drug-likeness (QED) is 0.755. The largest absolute Gasteiger partial charge is 0.364 e. The Kier molecular flexibility index (Phi) is 3.02. The van der Waals surface area contributed by atoms with Gasteiger partial charge in [0, 0.05) is 0 Å². The van der Waals surface area contributed by atoms with Crippen LogP contribution >= 0.6 is 11.8 Å². The van der Waals surface area contributed by atoms with Crippen molar-refractivity contribution in [1.29, 1.82) is 0 Å². The lowest BCUT2D eigenvalue weighted by atomic mass is 10.3. The zero-order chi connectivity index (χ0) is 9.84. The molecule has 1 rings (SSSR count). The maximum Gasteiger partial charge on any atom is 0.267 e. The van der Waals surface area contributed by atoms with Crippen LogP contribution in [-0.4, -0.2) is 22.3 Å². The molecule has 0 spiro atoms. The molecular weight excluding hydrogens is 188 g/mol. The van der Waals surface area contributed by atoms with Crippen molar-refractivity contribution in [3.63, 3.8) is 0 Å². The van der Waals surface area contributed by atoms with Gasteiger partial charge in [0.05, 0.1) is 0 Å². The van der Waals surface area contributed by atoms with Crippen LogP contribution in [-0.2, 0) is 0 Å². The molecule has 1 amide bonds. The predicted molar refractivity (Wildman–Crippen MR) is 50.6 cm³/mol. The lowest BCUT2D eigenvalue weighted by Gasteiger charge is -1.97. The van der Waals surface area contributed by atoms with Crippen LogP contribution in [0.2, 0.25) is 0 Å². The van der Waals surface area contributed by atoms with E-state index < -0.39 is 5.91 Å². The smallest absolute Gasteiger partial charge is 0.267 e. The summed E-state index contributed by atoms with van der Waals surface area (Å²) in [5.74, 6) is -0.629. The average molecular weight is 196 g/mol. The highest BCUT2D eigenvalue weighted by Gasteiger charge is 2.08. The van der Waals surface area contributed by atoms with Crippen molar-refractivity contribution in [2.45, 2.75) is 0 Å². The molecule has 0 aliphatic heterocycles. The highest BCUT2D eigenvalue weighted by Crippen LogP contribution is 2.07. The fourth-order valence-electron chi connectivity index (χ4n) is 0.790. The van der Waals surface area contributed by atoms with Crippen LogP contribution < -0.4 is 5.73 Å². The lowest BCUT2D eigenvalue weighted by Crippen LogP contribution is -2.14. The van der Waals surface area contributed by atoms with E-state index in [0.29, 0.717) is 0 Å². The molecule has 0 unspecified atom stereocenters. The van der Waals surface area contributed by atoms with Crippen molar-refractivity contribution in [2.75, 3.05) is 6.26 Å². The molecule has 1 heterocycles. The van der Waals surface area contributed by atoms with Crippen molar-refractivity contribution in [1.82, 2.24) is 4.98 Å². The number of thioether (sulfide) groups is 1. The molecule has 0 aliphatic rings. The van der Waals surface area contributed by atoms with Gasteiger partial charge >= 0.3 is 0 Å². The first kappa shape index (κ1) is 9.73. The third kappa shape index (κ3) is 2.29. The first-order valence-corrected chi connectivity index (χ1v) is 4.73. The van der Waals surface area contributed by atoms with Gasteiger partial charge in [0.2, 0.25) is 5.12 Å². The monoisotopic (exact) mass is 196 g/mol. The topological polar surface area (TPSA) is 73.1 Å². The zero-order valence-corrected chi connectivity index (χ0v) is 7.80. The van der Waals surface area contributed by atoms with Crippen LogP contribution in [0.5, 0.6) is 0 Å². The summed E-state index contributed by atoms with van der Waals surface area (Å²) in [4.78, 5) is 25.6. The number of carbonyl (C=O) groups excluding carboxylic acids is 2. The van der Waals surface area contributed by atoms with Crippen LogP contribution in [0.25, 0.3) is 0 Å². The van der Waals surface area contributed by atoms with Crippen LogP contribution in [0.3, 0.4) is 0 Å². The number of nitrogens with zero attached hydrogens (tertiary/aromatic N) is 1. The summed E-state index contributed by atoms with van der Waals surface area (Å²) in [6.45, 7) is 0. The molecule has 2 N–H and O–H groups in total. The van der Waals surface area contributed by atoms with E-state index in [1.807, 2.05) is 0 Å². The second-order valence-corrected chi connectivity index (χ2v) is 3.04. The summed E-state index contributed by atoms with van der Waals surface area (Å²) in [5, 5.41) is -0.178. The maximum atomic E-state index is 11.1. The van der Waals surface area contributed by atoms with Gasteiger partial charge < -0.3 is 5.73 Å². The molecule has 0 atom stereocenters. The molecule has 1 aromatic rings. The van der Waals surface area contributed by atoms with Gasteiger partial charge in [-0.3, -0.25) is 9.59 Å². The van der Waals surface area contributed by atoms with E-state index in [-0.39, 0.29) is 16.5 Å². The summed E-state index contributed by atoms with van der Waals surface area (Å²) < 4.78 is 0. The Hall–Kier alpha value is -1.36. The summed E-state index contributed by atoms with van der Waals surface area (Å²) in [6, 6.07) is 4.60. The fourth-order valence-corrected chi connectivity index (χ4v) is 1.11. The molecule has 1 aromatic heterocycles. The summed E-state index contributed by atoms with van der Waals surface area (Å²) in [5.41, 5.74) is 5.37. The number of hydrogen-bond donors (Lipinski definition) is 1. The normalized spacial score (nSPS) is 9.62. The van der Waals surface area contributed by atoms with E-state index in [9.17, 15) is 9.59 Å². The predicted octanol–water partition coefficient (Wildman–Crippen LogP) is 0.684. The number of rotatable bonds is 2. The molecular formula is C8H8N2O2S. The number of aromatic nitrogens is 1. The van der Waals surface area contributed by atoms with Gasteiger partial charge in [-0.05, 0) is 18.4 Å². The number of amides is 1. The van der Waals surface area contributed by atoms with Crippen molar-refractivity contribution in [3.8, 4) is 0 Å².